The van der Waals surface area contributed by atoms with Crippen LogP contribution >= 0.6 is 0 Å². The van der Waals surface area contributed by atoms with E-state index in [2.05, 4.69) is 10.0 Å². The first-order valence-electron chi connectivity index (χ1n) is 5.54. The summed E-state index contributed by atoms with van der Waals surface area (Å²) in [6, 6.07) is -0.591. The number of carbonyl (C=O) groups excluding carboxylic acids is 1. The van der Waals surface area contributed by atoms with Gasteiger partial charge in [-0.05, 0) is 6.92 Å². The van der Waals surface area contributed by atoms with Crippen LogP contribution < -0.4 is 10.0 Å². The minimum absolute atomic E-state index is 0.0652. The minimum atomic E-state index is -3.38. The number of sulfonamides is 1. The molecule has 0 fully saturated rings. The zero-order valence-electron chi connectivity index (χ0n) is 10.5. The van der Waals surface area contributed by atoms with E-state index in [1.807, 2.05) is 0 Å². The van der Waals surface area contributed by atoms with E-state index in [-0.39, 0.29) is 25.4 Å². The Balaban J connectivity index is 4.13. The van der Waals surface area contributed by atoms with Crippen LogP contribution in [-0.4, -0.2) is 62.4 Å². The average Bonchev–Trinajstić information content (AvgIpc) is 2.24. The number of carbonyl (C=O) groups is 2. The minimum Gasteiger partial charge on any atom is -0.480 e. The number of carboxylic acids is 1. The van der Waals surface area contributed by atoms with E-state index < -0.39 is 28.6 Å². The fourth-order valence-corrected chi connectivity index (χ4v) is 2.14. The first-order valence-corrected chi connectivity index (χ1v) is 7.19. The molecule has 0 aliphatic carbocycles. The molecule has 0 rings (SSSR count). The summed E-state index contributed by atoms with van der Waals surface area (Å²) in [5.41, 5.74) is 0. The van der Waals surface area contributed by atoms with Crippen molar-refractivity contribution in [2.45, 2.75) is 13.8 Å². The van der Waals surface area contributed by atoms with E-state index in [0.717, 1.165) is 4.90 Å². The van der Waals surface area contributed by atoms with Crippen LogP contribution in [0.5, 0.6) is 0 Å². The van der Waals surface area contributed by atoms with Gasteiger partial charge in [-0.25, -0.2) is 17.9 Å². The van der Waals surface area contributed by atoms with Crippen LogP contribution in [0.1, 0.15) is 13.8 Å². The monoisotopic (exact) mass is 281 g/mol. The highest BCUT2D eigenvalue weighted by Gasteiger charge is 2.15. The summed E-state index contributed by atoms with van der Waals surface area (Å²) in [5, 5.41) is 10.9. The molecule has 0 saturated carbocycles. The molecular weight excluding hydrogens is 262 g/mol. The fourth-order valence-electron chi connectivity index (χ4n) is 1.19. The van der Waals surface area contributed by atoms with E-state index >= 15 is 0 Å². The highest BCUT2D eigenvalue weighted by Crippen LogP contribution is 1.89. The van der Waals surface area contributed by atoms with Crippen molar-refractivity contribution >= 4 is 22.0 Å². The number of likely N-dealkylation sites (N-methyl/N-ethyl adjacent to an activating group) is 1. The molecule has 0 aromatic rings. The number of carboxylic acid groups (broad SMARTS) is 1. The predicted molar refractivity (Wildman–Crippen MR) is 65.7 cm³/mol. The maximum Gasteiger partial charge on any atom is 0.323 e. The molecule has 18 heavy (non-hydrogen) atoms. The van der Waals surface area contributed by atoms with Gasteiger partial charge in [-0.1, -0.05) is 6.92 Å². The number of amides is 2. The van der Waals surface area contributed by atoms with Gasteiger partial charge in [0, 0.05) is 19.6 Å². The quantitative estimate of drug-likeness (QED) is 0.530. The highest BCUT2D eigenvalue weighted by atomic mass is 32.2. The van der Waals surface area contributed by atoms with Crippen molar-refractivity contribution in [3.05, 3.63) is 0 Å². The van der Waals surface area contributed by atoms with Crippen LogP contribution in [-0.2, 0) is 14.8 Å². The van der Waals surface area contributed by atoms with Crippen molar-refractivity contribution in [1.82, 2.24) is 14.9 Å². The SMILES string of the molecule is CCNS(=O)(=O)CCNC(=O)N(CC)CC(=O)O. The molecule has 0 aromatic heterocycles. The Labute approximate surface area is 106 Å². The van der Waals surface area contributed by atoms with Crippen LogP contribution in [0.4, 0.5) is 4.79 Å². The van der Waals surface area contributed by atoms with Gasteiger partial charge in [0.1, 0.15) is 6.54 Å². The van der Waals surface area contributed by atoms with Crippen LogP contribution in [0.15, 0.2) is 0 Å². The van der Waals surface area contributed by atoms with E-state index in [1.54, 1.807) is 13.8 Å². The van der Waals surface area contributed by atoms with E-state index in [1.165, 1.54) is 0 Å². The largest absolute Gasteiger partial charge is 0.480 e. The van der Waals surface area contributed by atoms with Crippen LogP contribution in [0.25, 0.3) is 0 Å². The number of rotatable bonds is 8. The van der Waals surface area contributed by atoms with Crippen LogP contribution in [0.3, 0.4) is 0 Å². The van der Waals surface area contributed by atoms with Gasteiger partial charge in [-0.3, -0.25) is 4.79 Å². The van der Waals surface area contributed by atoms with Gasteiger partial charge in [0.15, 0.2) is 0 Å². The van der Waals surface area contributed by atoms with Gasteiger partial charge < -0.3 is 15.3 Å². The Morgan fingerprint density at radius 1 is 1.28 bits per heavy atom. The molecule has 0 bridgehead atoms. The van der Waals surface area contributed by atoms with Gasteiger partial charge in [0.25, 0.3) is 0 Å². The zero-order chi connectivity index (χ0) is 14.2. The molecule has 3 N–H and O–H groups in total. The lowest BCUT2D eigenvalue weighted by Gasteiger charge is -2.19. The van der Waals surface area contributed by atoms with E-state index in [4.69, 9.17) is 5.11 Å². The molecule has 0 aliphatic heterocycles. The van der Waals surface area contributed by atoms with Gasteiger partial charge in [0.05, 0.1) is 5.75 Å². The smallest absolute Gasteiger partial charge is 0.323 e. The van der Waals surface area contributed by atoms with Gasteiger partial charge in [-0.2, -0.15) is 0 Å². The molecule has 0 atom stereocenters. The number of hydrogen-bond donors (Lipinski definition) is 3. The summed E-state index contributed by atoms with van der Waals surface area (Å²) in [4.78, 5) is 23.0. The maximum atomic E-state index is 11.5. The molecule has 0 unspecified atom stereocenters. The number of nitrogens with one attached hydrogen (secondary N) is 2. The van der Waals surface area contributed by atoms with Gasteiger partial charge >= 0.3 is 12.0 Å². The Bertz CT molecular complexity index is 382. The molecule has 0 aliphatic rings. The lowest BCUT2D eigenvalue weighted by molar-refractivity contribution is -0.137. The first kappa shape index (κ1) is 16.6. The molecule has 0 heterocycles. The van der Waals surface area contributed by atoms with Crippen molar-refractivity contribution in [2.75, 3.05) is 31.9 Å². The molecule has 106 valence electrons. The van der Waals surface area contributed by atoms with Crippen molar-refractivity contribution in [1.29, 1.82) is 0 Å². The second-order valence-electron chi connectivity index (χ2n) is 3.46. The Morgan fingerprint density at radius 2 is 1.89 bits per heavy atom. The molecule has 8 nitrogen and oxygen atoms in total. The third kappa shape index (κ3) is 7.07. The second kappa shape index (κ2) is 7.88. The third-order valence-electron chi connectivity index (χ3n) is 2.01. The summed E-state index contributed by atoms with van der Waals surface area (Å²) < 4.78 is 24.8. The molecular formula is C9H19N3O5S. The third-order valence-corrected chi connectivity index (χ3v) is 3.48. The zero-order valence-corrected chi connectivity index (χ0v) is 11.3. The lowest BCUT2D eigenvalue weighted by Crippen LogP contribution is -2.44. The molecule has 0 spiro atoms. The van der Waals surface area contributed by atoms with Crippen molar-refractivity contribution < 1.29 is 23.1 Å². The standard InChI is InChI=1S/C9H19N3O5S/c1-3-11-18(16,17)6-5-10-9(15)12(4-2)7-8(13)14/h11H,3-7H2,1-2H3,(H,10,15)(H,13,14). The number of nitrogens with zero attached hydrogens (tertiary/aromatic N) is 1. The summed E-state index contributed by atoms with van der Waals surface area (Å²) in [6.45, 7) is 3.33. The highest BCUT2D eigenvalue weighted by molar-refractivity contribution is 7.89. The van der Waals surface area contributed by atoms with Crippen LogP contribution in [0.2, 0.25) is 0 Å². The van der Waals surface area contributed by atoms with E-state index in [0.29, 0.717) is 0 Å². The van der Waals surface area contributed by atoms with Gasteiger partial charge in [0.2, 0.25) is 10.0 Å². The Hall–Kier alpha value is -1.35. The maximum absolute atomic E-state index is 11.5. The Morgan fingerprint density at radius 3 is 2.33 bits per heavy atom. The van der Waals surface area contributed by atoms with Crippen molar-refractivity contribution in [2.24, 2.45) is 0 Å². The molecule has 2 amide bonds. The van der Waals surface area contributed by atoms with Crippen LogP contribution in [0, 0.1) is 0 Å². The molecule has 0 radical (unpaired) electrons. The number of aliphatic carboxylic acids is 1. The number of urea groups is 1. The van der Waals surface area contributed by atoms with Crippen molar-refractivity contribution in [3.8, 4) is 0 Å². The normalized spacial score (nSPS) is 11.0. The van der Waals surface area contributed by atoms with Gasteiger partial charge in [-0.15, -0.1) is 0 Å². The summed E-state index contributed by atoms with van der Waals surface area (Å²) in [7, 11) is -3.38. The molecule has 0 saturated heterocycles. The average molecular weight is 281 g/mol. The topological polar surface area (TPSA) is 116 Å². The fraction of sp³-hybridized carbons (Fsp3) is 0.778. The predicted octanol–water partition coefficient (Wildman–Crippen LogP) is -0.958. The summed E-state index contributed by atoms with van der Waals surface area (Å²) >= 11 is 0. The molecule has 9 heteroatoms. The molecule has 0 aromatic carbocycles. The number of hydrogen-bond acceptors (Lipinski definition) is 4. The summed E-state index contributed by atoms with van der Waals surface area (Å²) in [6.07, 6.45) is 0. The lowest BCUT2D eigenvalue weighted by atomic mass is 10.5. The Kier molecular flexibility index (Phi) is 7.29. The van der Waals surface area contributed by atoms with Crippen molar-refractivity contribution in [3.63, 3.8) is 0 Å². The summed E-state index contributed by atoms with van der Waals surface area (Å²) in [5.74, 6) is -1.36. The first-order chi connectivity index (χ1) is 8.32. The van der Waals surface area contributed by atoms with E-state index in [9.17, 15) is 18.0 Å². The second-order valence-corrected chi connectivity index (χ2v) is 5.38.